The maximum atomic E-state index is 12.4. The summed E-state index contributed by atoms with van der Waals surface area (Å²) in [6.07, 6.45) is 1.34. The van der Waals surface area contributed by atoms with Gasteiger partial charge in [-0.15, -0.1) is 0 Å². The van der Waals surface area contributed by atoms with Crippen molar-refractivity contribution in [2.24, 2.45) is 0 Å². The zero-order valence-corrected chi connectivity index (χ0v) is 16.7. The zero-order valence-electron chi connectivity index (χ0n) is 16.7. The molecule has 0 bridgehead atoms. The Morgan fingerprint density at radius 2 is 1.63 bits per heavy atom. The van der Waals surface area contributed by atoms with Crippen molar-refractivity contribution < 1.29 is 28.6 Å². The van der Waals surface area contributed by atoms with E-state index in [-0.39, 0.29) is 23.6 Å². The van der Waals surface area contributed by atoms with Crippen molar-refractivity contribution in [1.82, 2.24) is 5.32 Å². The molecule has 0 aromatic heterocycles. The minimum atomic E-state index is -0.609. The van der Waals surface area contributed by atoms with E-state index >= 15 is 0 Å². The van der Waals surface area contributed by atoms with Crippen molar-refractivity contribution >= 4 is 23.9 Å². The number of esters is 2. The van der Waals surface area contributed by atoms with Crippen LogP contribution in [0, 0.1) is 11.3 Å². The molecular formula is C22H20N2O6. The summed E-state index contributed by atoms with van der Waals surface area (Å²) in [7, 11) is 1.56. The summed E-state index contributed by atoms with van der Waals surface area (Å²) in [5.74, 6) is -1.00. The first kappa shape index (κ1) is 22.2. The van der Waals surface area contributed by atoms with Crippen LogP contribution >= 0.6 is 0 Å². The number of benzene rings is 2. The van der Waals surface area contributed by atoms with E-state index in [1.54, 1.807) is 31.4 Å². The van der Waals surface area contributed by atoms with Gasteiger partial charge in [0.05, 0.1) is 7.11 Å². The summed E-state index contributed by atoms with van der Waals surface area (Å²) in [5, 5.41) is 12.0. The summed E-state index contributed by atoms with van der Waals surface area (Å²) in [4.78, 5) is 34.9. The monoisotopic (exact) mass is 408 g/mol. The number of rotatable bonds is 7. The summed E-state index contributed by atoms with van der Waals surface area (Å²) in [6, 6.07) is 13.3. The molecule has 2 rings (SSSR count). The summed E-state index contributed by atoms with van der Waals surface area (Å²) in [6.45, 7) is 2.64. The van der Waals surface area contributed by atoms with Crippen molar-refractivity contribution in [2.45, 2.75) is 20.4 Å². The molecular weight excluding hydrogens is 388 g/mol. The van der Waals surface area contributed by atoms with Gasteiger partial charge in [-0.05, 0) is 41.5 Å². The van der Waals surface area contributed by atoms with E-state index in [1.807, 2.05) is 6.07 Å². The van der Waals surface area contributed by atoms with Gasteiger partial charge in [0, 0.05) is 20.4 Å². The van der Waals surface area contributed by atoms with Crippen LogP contribution in [0.25, 0.3) is 6.08 Å². The van der Waals surface area contributed by atoms with E-state index in [2.05, 4.69) is 5.32 Å². The van der Waals surface area contributed by atoms with Gasteiger partial charge < -0.3 is 19.5 Å². The third kappa shape index (κ3) is 6.49. The van der Waals surface area contributed by atoms with Gasteiger partial charge in [0.2, 0.25) is 0 Å². The molecule has 0 saturated carbocycles. The van der Waals surface area contributed by atoms with Crippen LogP contribution in [0.4, 0.5) is 0 Å². The number of carbonyl (C=O) groups excluding carboxylic acids is 3. The number of hydrogen-bond donors (Lipinski definition) is 1. The average Bonchev–Trinajstić information content (AvgIpc) is 2.71. The molecule has 0 saturated heterocycles. The van der Waals surface area contributed by atoms with E-state index < -0.39 is 17.8 Å². The Balaban J connectivity index is 2.18. The average molecular weight is 408 g/mol. The van der Waals surface area contributed by atoms with E-state index in [0.29, 0.717) is 11.3 Å². The molecule has 0 unspecified atom stereocenters. The molecule has 30 heavy (non-hydrogen) atoms. The van der Waals surface area contributed by atoms with E-state index in [9.17, 15) is 19.6 Å². The quantitative estimate of drug-likeness (QED) is 0.324. The Labute approximate surface area is 173 Å². The molecule has 0 aliphatic rings. The molecule has 0 fully saturated rings. The van der Waals surface area contributed by atoms with Crippen LogP contribution in [0.15, 0.2) is 48.0 Å². The fraction of sp³-hybridized carbons (Fsp3) is 0.182. The lowest BCUT2D eigenvalue weighted by Crippen LogP contribution is -2.23. The Kier molecular flexibility index (Phi) is 7.71. The van der Waals surface area contributed by atoms with Crippen LogP contribution in [0.1, 0.15) is 25.0 Å². The number of nitrogens with one attached hydrogen (secondary N) is 1. The van der Waals surface area contributed by atoms with Crippen molar-refractivity contribution in [3.05, 3.63) is 59.2 Å². The van der Waals surface area contributed by atoms with Crippen LogP contribution in [0.2, 0.25) is 0 Å². The molecule has 0 spiro atoms. The lowest BCUT2D eigenvalue weighted by molar-refractivity contribution is -0.134. The molecule has 0 radical (unpaired) electrons. The first-order valence-electron chi connectivity index (χ1n) is 8.86. The van der Waals surface area contributed by atoms with Gasteiger partial charge in [-0.2, -0.15) is 5.26 Å². The molecule has 0 heterocycles. The molecule has 0 aliphatic carbocycles. The van der Waals surface area contributed by atoms with Crippen LogP contribution in [-0.4, -0.2) is 25.0 Å². The maximum absolute atomic E-state index is 12.4. The number of carbonyl (C=O) groups is 3. The minimum absolute atomic E-state index is 0.00220. The largest absolute Gasteiger partial charge is 0.497 e. The Hall–Kier alpha value is -4.12. The lowest BCUT2D eigenvalue weighted by Gasteiger charge is -2.09. The van der Waals surface area contributed by atoms with Gasteiger partial charge in [-0.3, -0.25) is 14.4 Å². The number of amides is 1. The summed E-state index contributed by atoms with van der Waals surface area (Å²) >= 11 is 0. The molecule has 0 atom stereocenters. The number of nitriles is 1. The minimum Gasteiger partial charge on any atom is -0.497 e. The SMILES string of the molecule is COc1ccc(CNC(=O)/C(C#N)=C/c2ccc(OC(C)=O)c(OC(C)=O)c2)cc1. The lowest BCUT2D eigenvalue weighted by atomic mass is 10.1. The smallest absolute Gasteiger partial charge is 0.308 e. The highest BCUT2D eigenvalue weighted by atomic mass is 16.6. The van der Waals surface area contributed by atoms with E-state index in [4.69, 9.17) is 14.2 Å². The first-order valence-corrected chi connectivity index (χ1v) is 8.86. The van der Waals surface area contributed by atoms with Crippen molar-refractivity contribution in [3.63, 3.8) is 0 Å². The van der Waals surface area contributed by atoms with E-state index in [0.717, 1.165) is 5.56 Å². The topological polar surface area (TPSA) is 115 Å². The fourth-order valence-corrected chi connectivity index (χ4v) is 2.42. The van der Waals surface area contributed by atoms with Gasteiger partial charge in [-0.1, -0.05) is 18.2 Å². The van der Waals surface area contributed by atoms with Crippen LogP contribution in [0.3, 0.4) is 0 Å². The van der Waals surface area contributed by atoms with Gasteiger partial charge in [-0.25, -0.2) is 0 Å². The number of methoxy groups -OCH3 is 1. The van der Waals surface area contributed by atoms with Crippen molar-refractivity contribution in [1.29, 1.82) is 5.26 Å². The summed E-state index contributed by atoms with van der Waals surface area (Å²) in [5.41, 5.74) is 1.11. The Morgan fingerprint density at radius 1 is 1.00 bits per heavy atom. The Morgan fingerprint density at radius 3 is 2.20 bits per heavy atom. The molecule has 1 amide bonds. The van der Waals surface area contributed by atoms with Crippen LogP contribution < -0.4 is 19.5 Å². The predicted molar refractivity (Wildman–Crippen MR) is 107 cm³/mol. The molecule has 154 valence electrons. The highest BCUT2D eigenvalue weighted by Gasteiger charge is 2.13. The van der Waals surface area contributed by atoms with Crippen LogP contribution in [0.5, 0.6) is 17.2 Å². The molecule has 2 aromatic rings. The number of nitrogens with zero attached hydrogens (tertiary/aromatic N) is 1. The third-order valence-electron chi connectivity index (χ3n) is 3.76. The molecule has 2 aromatic carbocycles. The van der Waals surface area contributed by atoms with Gasteiger partial charge >= 0.3 is 11.9 Å². The standard InChI is InChI=1S/C22H20N2O6/c1-14(25)29-20-9-6-17(11-21(20)30-15(2)26)10-18(12-23)22(27)24-13-16-4-7-19(28-3)8-5-16/h4-11H,13H2,1-3H3,(H,24,27)/b18-10+. The van der Waals surface area contributed by atoms with Gasteiger partial charge in [0.1, 0.15) is 17.4 Å². The highest BCUT2D eigenvalue weighted by molar-refractivity contribution is 6.01. The van der Waals surface area contributed by atoms with E-state index in [1.165, 1.54) is 38.1 Å². The van der Waals surface area contributed by atoms with Gasteiger partial charge in [0.15, 0.2) is 11.5 Å². The number of ether oxygens (including phenoxy) is 3. The molecule has 8 heteroatoms. The highest BCUT2D eigenvalue weighted by Crippen LogP contribution is 2.29. The van der Waals surface area contributed by atoms with Crippen LogP contribution in [-0.2, 0) is 20.9 Å². The summed E-state index contributed by atoms with van der Waals surface area (Å²) < 4.78 is 15.1. The fourth-order valence-electron chi connectivity index (χ4n) is 2.42. The molecule has 8 nitrogen and oxygen atoms in total. The van der Waals surface area contributed by atoms with Crippen molar-refractivity contribution in [3.8, 4) is 23.3 Å². The maximum Gasteiger partial charge on any atom is 0.308 e. The zero-order chi connectivity index (χ0) is 22.1. The first-order chi connectivity index (χ1) is 14.3. The van der Waals surface area contributed by atoms with Crippen molar-refractivity contribution in [2.75, 3.05) is 7.11 Å². The second-order valence-electron chi connectivity index (χ2n) is 6.09. The third-order valence-corrected chi connectivity index (χ3v) is 3.76. The number of hydrogen-bond acceptors (Lipinski definition) is 7. The Bertz CT molecular complexity index is 1020. The second-order valence-corrected chi connectivity index (χ2v) is 6.09. The van der Waals surface area contributed by atoms with Gasteiger partial charge in [0.25, 0.3) is 5.91 Å². The second kappa shape index (κ2) is 10.4. The predicted octanol–water partition coefficient (Wildman–Crippen LogP) is 2.77. The normalized spacial score (nSPS) is 10.5. The molecule has 1 N–H and O–H groups in total. The molecule has 0 aliphatic heterocycles.